The Hall–Kier alpha value is -1.87. The summed E-state index contributed by atoms with van der Waals surface area (Å²) in [6.45, 7) is 1.62. The molecule has 0 unspecified atom stereocenters. The Morgan fingerprint density at radius 1 is 1.12 bits per heavy atom. The molecule has 2 aromatic carbocycles. The second-order valence-electron chi connectivity index (χ2n) is 3.78. The van der Waals surface area contributed by atoms with Gasteiger partial charge < -0.3 is 9.84 Å². The van der Waals surface area contributed by atoms with Crippen molar-refractivity contribution < 1.29 is 14.2 Å². The number of hydrogen-bond acceptors (Lipinski definition) is 2. The molecule has 0 saturated heterocycles. The first-order valence-electron chi connectivity index (χ1n) is 5.37. The first-order chi connectivity index (χ1) is 8.16. The molecule has 3 heteroatoms. The van der Waals surface area contributed by atoms with Crippen LogP contribution in [0.2, 0.25) is 0 Å². The summed E-state index contributed by atoms with van der Waals surface area (Å²) in [5, 5.41) is 9.43. The van der Waals surface area contributed by atoms with Crippen LogP contribution in [-0.4, -0.2) is 5.11 Å². The maximum Gasteiger partial charge on any atom is 0.165 e. The van der Waals surface area contributed by atoms with E-state index in [9.17, 15) is 9.50 Å². The molecule has 0 bridgehead atoms. The average Bonchev–Trinajstić information content (AvgIpc) is 2.33. The highest BCUT2D eigenvalue weighted by Gasteiger charge is 2.08. The third kappa shape index (κ3) is 2.82. The van der Waals surface area contributed by atoms with E-state index in [1.165, 1.54) is 18.2 Å². The molecule has 0 saturated carbocycles. The highest BCUT2D eigenvalue weighted by atomic mass is 19.1. The van der Waals surface area contributed by atoms with Crippen LogP contribution in [0.15, 0.2) is 48.5 Å². The first kappa shape index (κ1) is 11.6. The van der Waals surface area contributed by atoms with Crippen molar-refractivity contribution in [3.8, 4) is 11.5 Å². The highest BCUT2D eigenvalue weighted by Crippen LogP contribution is 2.27. The van der Waals surface area contributed by atoms with Gasteiger partial charge in [-0.25, -0.2) is 4.39 Å². The first-order valence-corrected chi connectivity index (χ1v) is 5.37. The van der Waals surface area contributed by atoms with Crippen molar-refractivity contribution in [1.29, 1.82) is 0 Å². The van der Waals surface area contributed by atoms with Crippen molar-refractivity contribution in [2.24, 2.45) is 0 Å². The predicted octanol–water partition coefficient (Wildman–Crippen LogP) is 3.67. The van der Waals surface area contributed by atoms with E-state index in [1.807, 2.05) is 18.2 Å². The van der Waals surface area contributed by atoms with Crippen LogP contribution >= 0.6 is 0 Å². The van der Waals surface area contributed by atoms with E-state index in [0.29, 0.717) is 11.3 Å². The van der Waals surface area contributed by atoms with Gasteiger partial charge in [0.2, 0.25) is 0 Å². The van der Waals surface area contributed by atoms with Crippen LogP contribution < -0.4 is 4.74 Å². The fourth-order valence-electron chi connectivity index (χ4n) is 1.47. The second-order valence-corrected chi connectivity index (χ2v) is 3.78. The van der Waals surface area contributed by atoms with Crippen LogP contribution in [0.4, 0.5) is 4.39 Å². The lowest BCUT2D eigenvalue weighted by Crippen LogP contribution is -1.94. The summed E-state index contributed by atoms with van der Waals surface area (Å²) in [7, 11) is 0. The number of hydrogen-bond donors (Lipinski definition) is 1. The van der Waals surface area contributed by atoms with Gasteiger partial charge in [0.15, 0.2) is 11.6 Å². The Bertz CT molecular complexity index is 495. The zero-order valence-corrected chi connectivity index (χ0v) is 9.43. The van der Waals surface area contributed by atoms with Crippen LogP contribution in [0.25, 0.3) is 0 Å². The van der Waals surface area contributed by atoms with Gasteiger partial charge in [-0.3, -0.25) is 0 Å². The van der Waals surface area contributed by atoms with Crippen LogP contribution in [0, 0.1) is 5.82 Å². The fourth-order valence-corrected chi connectivity index (χ4v) is 1.47. The Kier molecular flexibility index (Phi) is 3.40. The van der Waals surface area contributed by atoms with E-state index in [2.05, 4.69) is 0 Å². The number of aliphatic hydroxyl groups excluding tert-OH is 1. The van der Waals surface area contributed by atoms with E-state index < -0.39 is 11.9 Å². The molecule has 1 N–H and O–H groups in total. The summed E-state index contributed by atoms with van der Waals surface area (Å²) >= 11 is 0. The third-order valence-electron chi connectivity index (χ3n) is 2.41. The zero-order chi connectivity index (χ0) is 12.3. The molecule has 17 heavy (non-hydrogen) atoms. The molecule has 0 amide bonds. The molecule has 0 spiro atoms. The lowest BCUT2D eigenvalue weighted by molar-refractivity contribution is 0.198. The number of rotatable bonds is 3. The van der Waals surface area contributed by atoms with E-state index in [0.717, 1.165) is 0 Å². The topological polar surface area (TPSA) is 29.5 Å². The van der Waals surface area contributed by atoms with Crippen molar-refractivity contribution in [2.75, 3.05) is 0 Å². The molecule has 0 aliphatic heterocycles. The van der Waals surface area contributed by atoms with Crippen molar-refractivity contribution in [3.63, 3.8) is 0 Å². The van der Waals surface area contributed by atoms with Gasteiger partial charge in [0.05, 0.1) is 6.10 Å². The van der Waals surface area contributed by atoms with Crippen molar-refractivity contribution in [1.82, 2.24) is 0 Å². The molecule has 2 aromatic rings. The average molecular weight is 232 g/mol. The predicted molar refractivity (Wildman–Crippen MR) is 63.5 cm³/mol. The SMILES string of the molecule is C[C@H](O)c1ccc(F)c(Oc2ccccc2)c1. The normalized spacial score (nSPS) is 12.2. The minimum atomic E-state index is -0.645. The van der Waals surface area contributed by atoms with Gasteiger partial charge in [0.25, 0.3) is 0 Å². The van der Waals surface area contributed by atoms with Crippen molar-refractivity contribution >= 4 is 0 Å². The standard InChI is InChI=1S/C14H13FO2/c1-10(16)11-7-8-13(15)14(9-11)17-12-5-3-2-4-6-12/h2-10,16H,1H3/t10-/m0/s1. The minimum absolute atomic E-state index is 0.120. The van der Waals surface area contributed by atoms with Gasteiger partial charge in [-0.1, -0.05) is 24.3 Å². The number of aliphatic hydroxyl groups is 1. The largest absolute Gasteiger partial charge is 0.454 e. The van der Waals surface area contributed by atoms with E-state index >= 15 is 0 Å². The molecule has 2 nitrogen and oxygen atoms in total. The van der Waals surface area contributed by atoms with Gasteiger partial charge in [-0.05, 0) is 36.8 Å². The monoisotopic (exact) mass is 232 g/mol. The number of para-hydroxylation sites is 1. The zero-order valence-electron chi connectivity index (χ0n) is 9.43. The Morgan fingerprint density at radius 2 is 1.82 bits per heavy atom. The summed E-state index contributed by atoms with van der Waals surface area (Å²) in [5.41, 5.74) is 0.623. The smallest absolute Gasteiger partial charge is 0.165 e. The van der Waals surface area contributed by atoms with E-state index in [1.54, 1.807) is 19.1 Å². The second kappa shape index (κ2) is 4.97. The van der Waals surface area contributed by atoms with Gasteiger partial charge in [0, 0.05) is 0 Å². The molecule has 1 atom stereocenters. The molecule has 0 heterocycles. The lowest BCUT2D eigenvalue weighted by Gasteiger charge is -2.10. The molecule has 0 aliphatic carbocycles. The Morgan fingerprint density at radius 3 is 2.47 bits per heavy atom. The number of ether oxygens (including phenoxy) is 1. The molecular formula is C14H13FO2. The molecule has 88 valence electrons. The van der Waals surface area contributed by atoms with E-state index in [4.69, 9.17) is 4.74 Å². The van der Waals surface area contributed by atoms with E-state index in [-0.39, 0.29) is 5.75 Å². The summed E-state index contributed by atoms with van der Waals surface area (Å²) in [5.74, 6) is 0.238. The summed E-state index contributed by atoms with van der Waals surface area (Å²) in [4.78, 5) is 0. The summed E-state index contributed by atoms with van der Waals surface area (Å²) in [6.07, 6.45) is -0.645. The van der Waals surface area contributed by atoms with Crippen molar-refractivity contribution in [2.45, 2.75) is 13.0 Å². The van der Waals surface area contributed by atoms with Gasteiger partial charge in [-0.2, -0.15) is 0 Å². The summed E-state index contributed by atoms with van der Waals surface area (Å²) < 4.78 is 18.9. The summed E-state index contributed by atoms with van der Waals surface area (Å²) in [6, 6.07) is 13.3. The molecular weight excluding hydrogens is 219 g/mol. The lowest BCUT2D eigenvalue weighted by atomic mass is 10.1. The van der Waals surface area contributed by atoms with Gasteiger partial charge in [0.1, 0.15) is 5.75 Å². The van der Waals surface area contributed by atoms with Crippen LogP contribution in [0.3, 0.4) is 0 Å². The molecule has 0 aromatic heterocycles. The van der Waals surface area contributed by atoms with Crippen LogP contribution in [0.5, 0.6) is 11.5 Å². The maximum absolute atomic E-state index is 13.5. The fraction of sp³-hybridized carbons (Fsp3) is 0.143. The Labute approximate surface area is 99.3 Å². The van der Waals surface area contributed by atoms with Gasteiger partial charge >= 0.3 is 0 Å². The molecule has 2 rings (SSSR count). The molecule has 0 aliphatic rings. The quantitative estimate of drug-likeness (QED) is 0.874. The third-order valence-corrected chi connectivity index (χ3v) is 2.41. The van der Waals surface area contributed by atoms with Crippen molar-refractivity contribution in [3.05, 3.63) is 59.9 Å². The van der Waals surface area contributed by atoms with Gasteiger partial charge in [-0.15, -0.1) is 0 Å². The van der Waals surface area contributed by atoms with Crippen LogP contribution in [-0.2, 0) is 0 Å². The van der Waals surface area contributed by atoms with Crippen LogP contribution in [0.1, 0.15) is 18.6 Å². The minimum Gasteiger partial charge on any atom is -0.454 e. The number of halogens is 1. The molecule has 0 radical (unpaired) electrons. The highest BCUT2D eigenvalue weighted by molar-refractivity contribution is 5.35. The Balaban J connectivity index is 2.29. The number of benzene rings is 2. The maximum atomic E-state index is 13.5. The molecule has 0 fully saturated rings.